The van der Waals surface area contributed by atoms with Gasteiger partial charge in [0.15, 0.2) is 11.5 Å². The minimum absolute atomic E-state index is 0.0237. The number of hydrogen-bond acceptors (Lipinski definition) is 2. The number of hydrogen-bond donors (Lipinski definition) is 0. The third kappa shape index (κ3) is 3.25. The first kappa shape index (κ1) is 14.7. The Kier molecular flexibility index (Phi) is 4.23. The molecule has 6 heteroatoms. The molecule has 20 heavy (non-hydrogen) atoms. The van der Waals surface area contributed by atoms with Gasteiger partial charge in [-0.25, -0.2) is 0 Å². The second-order valence-electron chi connectivity index (χ2n) is 3.90. The van der Waals surface area contributed by atoms with Crippen molar-refractivity contribution in [1.29, 1.82) is 0 Å². The van der Waals surface area contributed by atoms with Gasteiger partial charge in [-0.2, -0.15) is 13.2 Å². The van der Waals surface area contributed by atoms with Gasteiger partial charge in [0.25, 0.3) is 0 Å². The van der Waals surface area contributed by atoms with E-state index in [0.29, 0.717) is 10.2 Å². The molecular weight excluding hydrogens is 337 g/mol. The zero-order valence-electron chi connectivity index (χ0n) is 10.4. The van der Waals surface area contributed by atoms with Gasteiger partial charge >= 0.3 is 6.18 Å². The third-order valence-corrected chi connectivity index (χ3v) is 3.20. The highest BCUT2D eigenvalue weighted by atomic mass is 79.9. The molecule has 0 fully saturated rings. The largest absolute Gasteiger partial charge is 0.493 e. The topological polar surface area (TPSA) is 18.5 Å². The van der Waals surface area contributed by atoms with Crippen molar-refractivity contribution < 1.29 is 22.6 Å². The third-order valence-electron chi connectivity index (χ3n) is 2.55. The molecule has 2 nitrogen and oxygen atoms in total. The van der Waals surface area contributed by atoms with E-state index in [9.17, 15) is 13.2 Å². The van der Waals surface area contributed by atoms with E-state index < -0.39 is 11.7 Å². The summed E-state index contributed by atoms with van der Waals surface area (Å²) in [4.78, 5) is 0. The average molecular weight is 347 g/mol. The normalized spacial score (nSPS) is 11.2. The van der Waals surface area contributed by atoms with Gasteiger partial charge in [-0.05, 0) is 46.3 Å². The Morgan fingerprint density at radius 2 is 1.65 bits per heavy atom. The van der Waals surface area contributed by atoms with Gasteiger partial charge in [0, 0.05) is 0 Å². The Balaban J connectivity index is 2.36. The van der Waals surface area contributed by atoms with Gasteiger partial charge < -0.3 is 9.47 Å². The van der Waals surface area contributed by atoms with E-state index in [1.165, 1.54) is 13.2 Å². The van der Waals surface area contributed by atoms with E-state index in [2.05, 4.69) is 15.9 Å². The molecule has 0 heterocycles. The number of benzene rings is 2. The monoisotopic (exact) mass is 346 g/mol. The van der Waals surface area contributed by atoms with Gasteiger partial charge in [0.05, 0.1) is 17.1 Å². The predicted molar refractivity (Wildman–Crippen MR) is 72.2 cm³/mol. The fraction of sp³-hybridized carbons (Fsp3) is 0.143. The molecule has 2 aromatic carbocycles. The molecule has 0 saturated heterocycles. The minimum atomic E-state index is -4.42. The minimum Gasteiger partial charge on any atom is -0.493 e. The van der Waals surface area contributed by atoms with E-state index in [0.717, 1.165) is 12.1 Å². The molecule has 0 aliphatic carbocycles. The summed E-state index contributed by atoms with van der Waals surface area (Å²) in [6.45, 7) is 0. The molecule has 0 atom stereocenters. The molecule has 0 aromatic heterocycles. The van der Waals surface area contributed by atoms with E-state index >= 15 is 0 Å². The number of rotatable bonds is 3. The lowest BCUT2D eigenvalue weighted by Gasteiger charge is -2.14. The molecule has 0 N–H and O–H groups in total. The summed E-state index contributed by atoms with van der Waals surface area (Å²) < 4.78 is 49.1. The van der Waals surface area contributed by atoms with Gasteiger partial charge in [0.1, 0.15) is 5.75 Å². The molecule has 0 saturated carbocycles. The van der Waals surface area contributed by atoms with Crippen LogP contribution in [0, 0.1) is 0 Å². The highest BCUT2D eigenvalue weighted by molar-refractivity contribution is 9.10. The van der Waals surface area contributed by atoms with E-state index in [1.807, 2.05) is 0 Å². The molecule has 0 aliphatic rings. The number of methoxy groups -OCH3 is 1. The van der Waals surface area contributed by atoms with Crippen molar-refractivity contribution in [2.75, 3.05) is 7.11 Å². The van der Waals surface area contributed by atoms with E-state index in [1.54, 1.807) is 24.3 Å². The van der Waals surface area contributed by atoms with Crippen molar-refractivity contribution >= 4 is 15.9 Å². The second kappa shape index (κ2) is 5.75. The number of halogens is 4. The lowest BCUT2D eigenvalue weighted by Crippen LogP contribution is -2.05. The van der Waals surface area contributed by atoms with Crippen molar-refractivity contribution in [2.24, 2.45) is 0 Å². The van der Waals surface area contributed by atoms with Crippen molar-refractivity contribution in [3.8, 4) is 17.2 Å². The lowest BCUT2D eigenvalue weighted by atomic mass is 10.2. The van der Waals surface area contributed by atoms with Crippen molar-refractivity contribution in [1.82, 2.24) is 0 Å². The summed E-state index contributed by atoms with van der Waals surface area (Å²) in [5.41, 5.74) is -0.783. The molecule has 0 radical (unpaired) electrons. The van der Waals surface area contributed by atoms with Crippen molar-refractivity contribution in [3.05, 3.63) is 52.5 Å². The maximum atomic E-state index is 12.6. The Labute approximate surface area is 122 Å². The van der Waals surface area contributed by atoms with Gasteiger partial charge in [-0.3, -0.25) is 0 Å². The standard InChI is InChI=1S/C14H10BrF3O2/c1-19-13-8-9(14(16,17)18)6-7-12(13)20-11-5-3-2-4-10(11)15/h2-8H,1H3. The van der Waals surface area contributed by atoms with Gasteiger partial charge in [-0.1, -0.05) is 12.1 Å². The Hall–Kier alpha value is -1.69. The molecule has 106 valence electrons. The predicted octanol–water partition coefficient (Wildman–Crippen LogP) is 5.27. The number of para-hydroxylation sites is 1. The van der Waals surface area contributed by atoms with Crippen LogP contribution in [0.3, 0.4) is 0 Å². The summed E-state index contributed by atoms with van der Waals surface area (Å²) in [6, 6.07) is 10.1. The zero-order chi connectivity index (χ0) is 14.8. The Bertz CT molecular complexity index is 612. The summed E-state index contributed by atoms with van der Waals surface area (Å²) in [6.07, 6.45) is -4.42. The molecular formula is C14H10BrF3O2. The number of alkyl halides is 3. The van der Waals surface area contributed by atoms with Crippen molar-refractivity contribution in [2.45, 2.75) is 6.18 Å². The molecule has 0 spiro atoms. The first-order valence-electron chi connectivity index (χ1n) is 5.59. The first-order valence-corrected chi connectivity index (χ1v) is 6.38. The SMILES string of the molecule is COc1cc(C(F)(F)F)ccc1Oc1ccccc1Br. The molecule has 0 unspecified atom stereocenters. The fourth-order valence-electron chi connectivity index (χ4n) is 1.57. The van der Waals surface area contributed by atoms with Crippen LogP contribution in [0.25, 0.3) is 0 Å². The van der Waals surface area contributed by atoms with Crippen LogP contribution in [-0.4, -0.2) is 7.11 Å². The summed E-state index contributed by atoms with van der Waals surface area (Å²) in [5, 5.41) is 0. The van der Waals surface area contributed by atoms with Crippen LogP contribution >= 0.6 is 15.9 Å². The van der Waals surface area contributed by atoms with E-state index in [4.69, 9.17) is 9.47 Å². The van der Waals surface area contributed by atoms with Crippen LogP contribution in [0.1, 0.15) is 5.56 Å². The molecule has 0 aliphatic heterocycles. The highest BCUT2D eigenvalue weighted by Crippen LogP contribution is 2.39. The van der Waals surface area contributed by atoms with Crippen LogP contribution in [0.2, 0.25) is 0 Å². The molecule has 2 aromatic rings. The molecule has 2 rings (SSSR count). The smallest absolute Gasteiger partial charge is 0.416 e. The van der Waals surface area contributed by atoms with Crippen LogP contribution in [0.5, 0.6) is 17.2 Å². The molecule has 0 bridgehead atoms. The van der Waals surface area contributed by atoms with Crippen LogP contribution in [0.15, 0.2) is 46.9 Å². The lowest BCUT2D eigenvalue weighted by molar-refractivity contribution is -0.137. The first-order chi connectivity index (χ1) is 9.41. The van der Waals surface area contributed by atoms with Crippen molar-refractivity contribution in [3.63, 3.8) is 0 Å². The van der Waals surface area contributed by atoms with Gasteiger partial charge in [-0.15, -0.1) is 0 Å². The molecule has 0 amide bonds. The number of ether oxygens (including phenoxy) is 2. The second-order valence-corrected chi connectivity index (χ2v) is 4.75. The van der Waals surface area contributed by atoms with Gasteiger partial charge in [0.2, 0.25) is 0 Å². The maximum absolute atomic E-state index is 12.6. The highest BCUT2D eigenvalue weighted by Gasteiger charge is 2.31. The average Bonchev–Trinajstić information content (AvgIpc) is 2.40. The van der Waals surface area contributed by atoms with Crippen LogP contribution < -0.4 is 9.47 Å². The van der Waals surface area contributed by atoms with E-state index in [-0.39, 0.29) is 11.5 Å². The Morgan fingerprint density at radius 1 is 0.950 bits per heavy atom. The quantitative estimate of drug-likeness (QED) is 0.753. The van der Waals surface area contributed by atoms with Crippen LogP contribution in [-0.2, 0) is 6.18 Å². The van der Waals surface area contributed by atoms with Crippen LogP contribution in [0.4, 0.5) is 13.2 Å². The summed E-state index contributed by atoms with van der Waals surface area (Å²) in [5.74, 6) is 0.730. The maximum Gasteiger partial charge on any atom is 0.416 e. The summed E-state index contributed by atoms with van der Waals surface area (Å²) >= 11 is 3.30. The summed E-state index contributed by atoms with van der Waals surface area (Å²) in [7, 11) is 1.29. The zero-order valence-corrected chi connectivity index (χ0v) is 12.0. The Morgan fingerprint density at radius 3 is 2.25 bits per heavy atom. The fourth-order valence-corrected chi connectivity index (χ4v) is 1.94.